The van der Waals surface area contributed by atoms with Crippen molar-refractivity contribution in [3.8, 4) is 0 Å². The summed E-state index contributed by atoms with van der Waals surface area (Å²) in [5, 5.41) is 52.2. The summed E-state index contributed by atoms with van der Waals surface area (Å²) in [4.78, 5) is 26.5. The average molecular weight is 899 g/mol. The molecule has 0 aromatic rings. The molecule has 16 nitrogen and oxygen atoms in total. The van der Waals surface area contributed by atoms with Crippen molar-refractivity contribution in [3.63, 3.8) is 0 Å². The van der Waals surface area contributed by atoms with Gasteiger partial charge >= 0.3 is 22.3 Å². The van der Waals surface area contributed by atoms with Crippen LogP contribution in [-0.4, -0.2) is 125 Å². The first-order valence-electron chi connectivity index (χ1n) is 23.6. The number of rotatable bonds is 36. The predicted octanol–water partition coefficient (Wildman–Crippen LogP) is 6.49. The van der Waals surface area contributed by atoms with Gasteiger partial charge in [-0.15, -0.1) is 0 Å². The van der Waals surface area contributed by atoms with Crippen molar-refractivity contribution < 1.29 is 76.0 Å². The van der Waals surface area contributed by atoms with Crippen LogP contribution in [-0.2, 0) is 47.9 Å². The van der Waals surface area contributed by atoms with Gasteiger partial charge in [-0.25, -0.2) is 4.18 Å². The van der Waals surface area contributed by atoms with Gasteiger partial charge in [0.25, 0.3) is 0 Å². The van der Waals surface area contributed by atoms with Gasteiger partial charge < -0.3 is 49.2 Å². The molecule has 0 radical (unpaired) electrons. The van der Waals surface area contributed by atoms with Crippen molar-refractivity contribution in [1.82, 2.24) is 0 Å². The number of aliphatic hydroxyl groups is 5. The van der Waals surface area contributed by atoms with Gasteiger partial charge in [-0.3, -0.25) is 14.1 Å². The maximum Gasteiger partial charge on any atom is 0.397 e. The van der Waals surface area contributed by atoms with Gasteiger partial charge in [0.1, 0.15) is 30.5 Å². The van der Waals surface area contributed by atoms with Crippen LogP contribution < -0.4 is 0 Å². The normalized spacial score (nSPS) is 27.0. The number of carbonyl (C=O) groups is 2. The molecular formula is C44H82O16S. The highest BCUT2D eigenvalue weighted by atomic mass is 32.3. The number of ether oxygens (including phenoxy) is 5. The van der Waals surface area contributed by atoms with E-state index in [0.717, 1.165) is 51.4 Å². The van der Waals surface area contributed by atoms with Crippen LogP contribution in [0.5, 0.6) is 0 Å². The monoisotopic (exact) mass is 899 g/mol. The van der Waals surface area contributed by atoms with E-state index in [-0.39, 0.29) is 12.8 Å². The maximum atomic E-state index is 13.3. The minimum Gasteiger partial charge on any atom is -0.455 e. The van der Waals surface area contributed by atoms with Crippen LogP contribution >= 0.6 is 0 Å². The Bertz CT molecular complexity index is 1240. The fraction of sp³-hybridized carbons (Fsp3) is 0.955. The molecule has 0 unspecified atom stereocenters. The van der Waals surface area contributed by atoms with Crippen LogP contribution in [0, 0.1) is 0 Å². The smallest absolute Gasteiger partial charge is 0.397 e. The topological polar surface area (TPSA) is 245 Å². The summed E-state index contributed by atoms with van der Waals surface area (Å²) in [5.41, 5.74) is 0. The molecule has 17 heteroatoms. The van der Waals surface area contributed by atoms with Gasteiger partial charge in [-0.05, 0) is 12.8 Å². The average Bonchev–Trinajstić information content (AvgIpc) is 3.22. The van der Waals surface area contributed by atoms with Crippen LogP contribution in [0.15, 0.2) is 0 Å². The summed E-state index contributed by atoms with van der Waals surface area (Å²) in [6, 6.07) is 0. The molecule has 2 fully saturated rings. The van der Waals surface area contributed by atoms with Crippen LogP contribution in [0.3, 0.4) is 0 Å². The molecule has 0 aliphatic carbocycles. The molecule has 2 aliphatic rings. The Morgan fingerprint density at radius 2 is 0.803 bits per heavy atom. The lowest BCUT2D eigenvalue weighted by atomic mass is 9.97. The molecule has 0 aromatic heterocycles. The van der Waals surface area contributed by atoms with Crippen molar-refractivity contribution in [2.75, 3.05) is 13.2 Å². The highest BCUT2D eigenvalue weighted by Gasteiger charge is 2.54. The number of hydrogen-bond donors (Lipinski definition) is 6. The third-order valence-corrected chi connectivity index (χ3v) is 12.1. The molecule has 0 saturated carbocycles. The summed E-state index contributed by atoms with van der Waals surface area (Å²) >= 11 is 0. The molecule has 61 heavy (non-hydrogen) atoms. The fourth-order valence-electron chi connectivity index (χ4n) is 7.95. The lowest BCUT2D eigenvalue weighted by molar-refractivity contribution is -0.374. The fourth-order valence-corrected chi connectivity index (χ4v) is 8.43. The molecule has 0 aromatic carbocycles. The second kappa shape index (κ2) is 33.0. The zero-order chi connectivity index (χ0) is 44.9. The molecule has 360 valence electrons. The third-order valence-electron chi connectivity index (χ3n) is 11.6. The Labute approximate surface area is 365 Å². The van der Waals surface area contributed by atoms with E-state index in [1.54, 1.807) is 0 Å². The Hall–Kier alpha value is -1.51. The van der Waals surface area contributed by atoms with E-state index in [1.165, 1.54) is 103 Å². The van der Waals surface area contributed by atoms with Crippen molar-refractivity contribution in [2.45, 2.75) is 255 Å². The summed E-state index contributed by atoms with van der Waals surface area (Å²) < 4.78 is 66.0. The Morgan fingerprint density at radius 1 is 0.475 bits per heavy atom. The number of hydrogen-bond acceptors (Lipinski definition) is 15. The maximum absolute atomic E-state index is 13.3. The van der Waals surface area contributed by atoms with Crippen molar-refractivity contribution in [3.05, 3.63) is 0 Å². The van der Waals surface area contributed by atoms with Gasteiger partial charge in [-0.2, -0.15) is 8.42 Å². The quantitative estimate of drug-likeness (QED) is 0.0223. The summed E-state index contributed by atoms with van der Waals surface area (Å²) in [6.45, 7) is 2.75. The van der Waals surface area contributed by atoms with Gasteiger partial charge in [0, 0.05) is 12.8 Å². The van der Waals surface area contributed by atoms with Crippen molar-refractivity contribution in [2.24, 2.45) is 0 Å². The van der Waals surface area contributed by atoms with Crippen LogP contribution in [0.2, 0.25) is 0 Å². The molecule has 10 atom stereocenters. The van der Waals surface area contributed by atoms with Gasteiger partial charge in [0.05, 0.1) is 13.2 Å². The first kappa shape index (κ1) is 55.6. The van der Waals surface area contributed by atoms with Crippen molar-refractivity contribution in [1.29, 1.82) is 0 Å². The number of unbranched alkanes of at least 4 members (excludes halogenated alkanes) is 24. The molecule has 0 bridgehead atoms. The summed E-state index contributed by atoms with van der Waals surface area (Å²) in [7, 11) is -5.28. The second-order valence-electron chi connectivity index (χ2n) is 16.9. The molecule has 2 saturated heterocycles. The summed E-state index contributed by atoms with van der Waals surface area (Å²) in [5.74, 6) is -1.45. The van der Waals surface area contributed by atoms with Crippen LogP contribution in [0.25, 0.3) is 0 Å². The Balaban J connectivity index is 2.04. The molecule has 2 aliphatic heterocycles. The molecule has 6 N–H and O–H groups in total. The van der Waals surface area contributed by atoms with E-state index >= 15 is 0 Å². The zero-order valence-electron chi connectivity index (χ0n) is 37.2. The second-order valence-corrected chi connectivity index (χ2v) is 18.0. The van der Waals surface area contributed by atoms with E-state index < -0.39 is 97.0 Å². The highest BCUT2D eigenvalue weighted by molar-refractivity contribution is 7.80. The molecule has 0 spiro atoms. The lowest BCUT2D eigenvalue weighted by Gasteiger charge is -2.46. The number of carbonyl (C=O) groups excluding carboxylic acids is 2. The molecule has 0 amide bonds. The largest absolute Gasteiger partial charge is 0.455 e. The van der Waals surface area contributed by atoms with E-state index in [4.69, 9.17) is 23.7 Å². The minimum absolute atomic E-state index is 0.00491. The Morgan fingerprint density at radius 3 is 1.16 bits per heavy atom. The number of esters is 2. The lowest BCUT2D eigenvalue weighted by Crippen LogP contribution is -2.65. The number of aliphatic hydroxyl groups excluding tert-OH is 5. The van der Waals surface area contributed by atoms with Crippen LogP contribution in [0.4, 0.5) is 0 Å². The first-order chi connectivity index (χ1) is 29.4. The predicted molar refractivity (Wildman–Crippen MR) is 227 cm³/mol. The standard InChI is InChI=1S/C44H82O16S/c1-3-5-7-9-11-13-15-17-19-21-23-25-27-29-35(47)57-40-38(50)34(32-46)56-44(59-43-41(60-61(52,53)54)39(51)37(49)33(31-45)55-43)42(40)58-36(48)30-28-26-24-22-20-18-16-14-12-10-8-6-4-2/h33-34,37-46,49-51H,3-32H2,1-2H3,(H,52,53,54)/t33-,34-,37-,38-,39+,40+,41-,42-,43-,44-/m1/s1. The van der Waals surface area contributed by atoms with E-state index in [2.05, 4.69) is 18.0 Å². The van der Waals surface area contributed by atoms with Crippen molar-refractivity contribution >= 4 is 22.3 Å². The SMILES string of the molecule is CCCCCCCCCCCCCCCC(=O)O[C@H]1[C@@H](O[C@H]2O[C@H](CO)[C@@H](O)[C@H](O)[C@H]2OS(=O)(=O)O)O[C@H](CO)[C@@H](O)[C@@H]1OC(=O)CCCCCCCCCCCCCCC. The molecular weight excluding hydrogens is 817 g/mol. The van der Waals surface area contributed by atoms with Crippen LogP contribution in [0.1, 0.15) is 194 Å². The minimum atomic E-state index is -5.28. The van der Waals surface area contributed by atoms with Gasteiger partial charge in [0.15, 0.2) is 24.6 Å². The van der Waals surface area contributed by atoms with Gasteiger partial charge in [0.2, 0.25) is 6.29 Å². The third kappa shape index (κ3) is 23.3. The van der Waals surface area contributed by atoms with E-state index in [0.29, 0.717) is 12.8 Å². The van der Waals surface area contributed by atoms with E-state index in [9.17, 15) is 48.1 Å². The van der Waals surface area contributed by atoms with Gasteiger partial charge in [-0.1, -0.05) is 168 Å². The first-order valence-corrected chi connectivity index (χ1v) is 25.0. The summed E-state index contributed by atoms with van der Waals surface area (Å²) in [6.07, 6.45) is 10.8. The molecule has 2 rings (SSSR count). The highest BCUT2D eigenvalue weighted by Crippen LogP contribution is 2.33. The zero-order valence-corrected chi connectivity index (χ0v) is 38.0. The van der Waals surface area contributed by atoms with E-state index in [1.807, 2.05) is 0 Å². The molecule has 2 heterocycles. The Kier molecular flexibility index (Phi) is 30.1.